The number of hydrogen-bond acceptors (Lipinski definition) is 6. The van der Waals surface area contributed by atoms with E-state index in [9.17, 15) is 9.18 Å². The fraction of sp³-hybridized carbons (Fsp3) is 0.238. The van der Waals surface area contributed by atoms with Gasteiger partial charge in [0.1, 0.15) is 17.2 Å². The first kappa shape index (κ1) is 19.3. The van der Waals surface area contributed by atoms with Gasteiger partial charge in [-0.05, 0) is 43.0 Å². The fourth-order valence-corrected chi connectivity index (χ4v) is 3.38. The van der Waals surface area contributed by atoms with Gasteiger partial charge in [-0.25, -0.2) is 19.2 Å². The van der Waals surface area contributed by atoms with E-state index in [1.807, 2.05) is 0 Å². The van der Waals surface area contributed by atoms with Crippen LogP contribution < -0.4 is 5.32 Å². The number of ether oxygens (including phenoxy) is 1. The predicted octanol–water partition coefficient (Wildman–Crippen LogP) is 5.13. The van der Waals surface area contributed by atoms with Crippen molar-refractivity contribution in [3.63, 3.8) is 0 Å². The predicted molar refractivity (Wildman–Crippen MR) is 108 cm³/mol. The molecule has 4 rings (SSSR count). The lowest BCUT2D eigenvalue weighted by atomic mass is 9.80. The van der Waals surface area contributed by atoms with Crippen LogP contribution in [-0.4, -0.2) is 28.0 Å². The van der Waals surface area contributed by atoms with Gasteiger partial charge in [0.15, 0.2) is 5.82 Å². The number of methoxy groups -OCH3 is 1. The Bertz CT molecular complexity index is 1070. The molecule has 1 N–H and O–H groups in total. The zero-order valence-electron chi connectivity index (χ0n) is 15.7. The number of halogens is 2. The van der Waals surface area contributed by atoms with Crippen LogP contribution in [0.25, 0.3) is 11.4 Å². The lowest BCUT2D eigenvalue weighted by molar-refractivity contribution is 0.0601. The second kappa shape index (κ2) is 8.13. The molecule has 2 heterocycles. The molecule has 1 saturated carbocycles. The quantitative estimate of drug-likeness (QED) is 0.585. The molecule has 1 aromatic carbocycles. The molecule has 0 unspecified atom stereocenters. The molecule has 1 aliphatic rings. The topological polar surface area (TPSA) is 77.0 Å². The van der Waals surface area contributed by atoms with Gasteiger partial charge in [-0.2, -0.15) is 0 Å². The third kappa shape index (κ3) is 3.91. The van der Waals surface area contributed by atoms with Crippen molar-refractivity contribution in [2.45, 2.75) is 25.2 Å². The first-order valence-corrected chi connectivity index (χ1v) is 9.56. The van der Waals surface area contributed by atoms with Crippen molar-refractivity contribution in [3.8, 4) is 11.4 Å². The third-order valence-corrected chi connectivity index (χ3v) is 5.25. The van der Waals surface area contributed by atoms with E-state index < -0.39 is 11.8 Å². The average molecular weight is 413 g/mol. The number of nitrogens with zero attached hydrogens (tertiary/aromatic N) is 3. The molecule has 2 aromatic heterocycles. The van der Waals surface area contributed by atoms with Gasteiger partial charge in [0, 0.05) is 29.2 Å². The molecular weight excluding hydrogens is 395 g/mol. The van der Waals surface area contributed by atoms with E-state index in [0.29, 0.717) is 22.4 Å². The summed E-state index contributed by atoms with van der Waals surface area (Å²) in [7, 11) is 1.31. The smallest absolute Gasteiger partial charge is 0.341 e. The van der Waals surface area contributed by atoms with Crippen molar-refractivity contribution in [1.82, 2.24) is 15.0 Å². The summed E-state index contributed by atoms with van der Waals surface area (Å²) in [6, 6.07) is 5.91. The van der Waals surface area contributed by atoms with E-state index in [0.717, 1.165) is 24.8 Å². The third-order valence-electron chi connectivity index (χ3n) is 5.01. The Hall–Kier alpha value is -3.06. The summed E-state index contributed by atoms with van der Waals surface area (Å²) in [4.78, 5) is 25.0. The van der Waals surface area contributed by atoms with Crippen molar-refractivity contribution in [1.29, 1.82) is 0 Å². The molecule has 148 valence electrons. The molecule has 1 fully saturated rings. The highest BCUT2D eigenvalue weighted by atomic mass is 35.5. The Morgan fingerprint density at radius 2 is 2.10 bits per heavy atom. The zero-order valence-corrected chi connectivity index (χ0v) is 16.4. The van der Waals surface area contributed by atoms with Crippen LogP contribution in [0.15, 0.2) is 42.9 Å². The molecule has 8 heteroatoms. The molecule has 6 nitrogen and oxygen atoms in total. The van der Waals surface area contributed by atoms with Gasteiger partial charge >= 0.3 is 5.97 Å². The summed E-state index contributed by atoms with van der Waals surface area (Å²) in [6.45, 7) is 0. The van der Waals surface area contributed by atoms with Crippen molar-refractivity contribution in [3.05, 3.63) is 64.8 Å². The van der Waals surface area contributed by atoms with E-state index in [4.69, 9.17) is 16.3 Å². The second-order valence-electron chi connectivity index (χ2n) is 6.79. The maximum Gasteiger partial charge on any atom is 0.341 e. The summed E-state index contributed by atoms with van der Waals surface area (Å²) >= 11 is 6.02. The number of hydrogen-bond donors (Lipinski definition) is 1. The van der Waals surface area contributed by atoms with Crippen molar-refractivity contribution >= 4 is 29.1 Å². The molecule has 29 heavy (non-hydrogen) atoms. The van der Waals surface area contributed by atoms with Crippen LogP contribution in [0.2, 0.25) is 5.02 Å². The van der Waals surface area contributed by atoms with Crippen LogP contribution in [0.1, 0.15) is 41.1 Å². The minimum atomic E-state index is -0.513. The molecule has 0 amide bonds. The maximum absolute atomic E-state index is 14.3. The number of aromatic nitrogens is 3. The fourth-order valence-electron chi connectivity index (χ4n) is 3.21. The Morgan fingerprint density at radius 1 is 1.28 bits per heavy atom. The molecule has 0 spiro atoms. The Balaban J connectivity index is 1.79. The van der Waals surface area contributed by atoms with Crippen LogP contribution in [0, 0.1) is 5.82 Å². The normalized spacial score (nSPS) is 13.6. The zero-order chi connectivity index (χ0) is 20.4. The van der Waals surface area contributed by atoms with Gasteiger partial charge in [0.25, 0.3) is 0 Å². The van der Waals surface area contributed by atoms with Gasteiger partial charge in [-0.15, -0.1) is 0 Å². The molecule has 0 aliphatic heterocycles. The number of anilines is 2. The van der Waals surface area contributed by atoms with Crippen LogP contribution in [0.5, 0.6) is 0 Å². The average Bonchev–Trinajstić information content (AvgIpc) is 2.69. The molecule has 0 bridgehead atoms. The lowest BCUT2D eigenvalue weighted by Crippen LogP contribution is -2.14. The van der Waals surface area contributed by atoms with Gasteiger partial charge in [-0.1, -0.05) is 18.0 Å². The summed E-state index contributed by atoms with van der Waals surface area (Å²) < 4.78 is 19.2. The van der Waals surface area contributed by atoms with E-state index in [-0.39, 0.29) is 17.0 Å². The first-order valence-electron chi connectivity index (χ1n) is 9.18. The highest BCUT2D eigenvalue weighted by Gasteiger charge is 2.25. The molecule has 3 aromatic rings. The van der Waals surface area contributed by atoms with Crippen LogP contribution in [0.4, 0.5) is 15.9 Å². The van der Waals surface area contributed by atoms with Gasteiger partial charge in [0.05, 0.1) is 18.4 Å². The molecule has 0 atom stereocenters. The highest BCUT2D eigenvalue weighted by molar-refractivity contribution is 6.30. The van der Waals surface area contributed by atoms with E-state index >= 15 is 0 Å². The highest BCUT2D eigenvalue weighted by Crippen LogP contribution is 2.40. The summed E-state index contributed by atoms with van der Waals surface area (Å²) in [5.74, 6) is 0.0794. The molecule has 0 radical (unpaired) electrons. The van der Waals surface area contributed by atoms with Crippen molar-refractivity contribution in [2.24, 2.45) is 0 Å². The van der Waals surface area contributed by atoms with Gasteiger partial charge in [0.2, 0.25) is 0 Å². The largest absolute Gasteiger partial charge is 0.465 e. The Kier molecular flexibility index (Phi) is 5.40. The second-order valence-corrected chi connectivity index (χ2v) is 7.22. The number of carbonyl (C=O) groups excluding carboxylic acids is 1. The minimum absolute atomic E-state index is 0.212. The number of benzene rings is 1. The number of carbonyl (C=O) groups is 1. The number of nitrogens with one attached hydrogen (secondary N) is 1. The summed E-state index contributed by atoms with van der Waals surface area (Å²) in [5, 5.41) is 3.60. The number of esters is 1. The molecular formula is C21H18ClFN4O2. The van der Waals surface area contributed by atoms with Crippen molar-refractivity contribution < 1.29 is 13.9 Å². The van der Waals surface area contributed by atoms with Crippen LogP contribution in [-0.2, 0) is 4.74 Å². The minimum Gasteiger partial charge on any atom is -0.465 e. The number of rotatable bonds is 5. The number of pyridine rings is 1. The maximum atomic E-state index is 14.3. The lowest BCUT2D eigenvalue weighted by Gasteiger charge is -2.27. The van der Waals surface area contributed by atoms with E-state index in [1.165, 1.54) is 31.5 Å². The standard InChI is InChI=1S/C21H18ClFN4O2/c1-29-21(28)16-10-24-8-7-18(16)26-20-15(12-3-2-4-12)11-25-19(27-20)14-9-13(22)5-6-17(14)23/h5-12H,2-4H2,1H3,(H,24,25,26,27). The van der Waals surface area contributed by atoms with E-state index in [2.05, 4.69) is 20.3 Å². The molecule has 0 saturated heterocycles. The molecule has 1 aliphatic carbocycles. The summed E-state index contributed by atoms with van der Waals surface area (Å²) in [5.41, 5.74) is 1.92. The van der Waals surface area contributed by atoms with Crippen LogP contribution in [0.3, 0.4) is 0 Å². The van der Waals surface area contributed by atoms with E-state index in [1.54, 1.807) is 18.5 Å². The van der Waals surface area contributed by atoms with Crippen molar-refractivity contribution in [2.75, 3.05) is 12.4 Å². The van der Waals surface area contributed by atoms with Gasteiger partial charge < -0.3 is 10.1 Å². The monoisotopic (exact) mass is 412 g/mol. The van der Waals surface area contributed by atoms with Gasteiger partial charge in [-0.3, -0.25) is 4.98 Å². The van der Waals surface area contributed by atoms with Crippen LogP contribution >= 0.6 is 11.6 Å². The SMILES string of the molecule is COC(=O)c1cnccc1Nc1nc(-c2cc(Cl)ccc2F)ncc1C1CCC1. The Morgan fingerprint density at radius 3 is 2.83 bits per heavy atom. The summed E-state index contributed by atoms with van der Waals surface area (Å²) in [6.07, 6.45) is 7.91. The Labute approximate surface area is 172 Å². The first-order chi connectivity index (χ1) is 14.1.